The van der Waals surface area contributed by atoms with Crippen LogP contribution < -0.4 is 5.32 Å². The average Bonchev–Trinajstić information content (AvgIpc) is 2.91. The number of hydrogen-bond acceptors (Lipinski definition) is 3. The molecule has 0 spiro atoms. The van der Waals surface area contributed by atoms with Crippen LogP contribution in [0, 0.1) is 0 Å². The number of carbonyl (C=O) groups excluding carboxylic acids is 1. The number of aromatic nitrogens is 3. The van der Waals surface area contributed by atoms with Gasteiger partial charge in [0.1, 0.15) is 0 Å². The lowest BCUT2D eigenvalue weighted by molar-refractivity contribution is 0.0950. The van der Waals surface area contributed by atoms with Gasteiger partial charge in [-0.3, -0.25) is 14.5 Å². The normalized spacial score (nSPS) is 10.9. The Labute approximate surface area is 142 Å². The Morgan fingerprint density at radius 1 is 1.30 bits per heavy atom. The molecule has 0 unspecified atom stereocenters. The van der Waals surface area contributed by atoms with Crippen molar-refractivity contribution in [3.05, 3.63) is 58.5 Å². The van der Waals surface area contributed by atoms with Crippen LogP contribution in [0.5, 0.6) is 0 Å². The standard InChI is InChI=1S/C17H17BrN4O/c1-2-7-22-16-6-4-3-5-14(16)15(21-22)11-20-17(23)12-8-13(18)10-19-9-12/h3-6,8-10H,2,7,11H2,1H3,(H,20,23). The number of fused-ring (bicyclic) bond motifs is 1. The van der Waals surface area contributed by atoms with Crippen LogP contribution in [-0.4, -0.2) is 20.7 Å². The molecule has 1 N–H and O–H groups in total. The molecule has 6 heteroatoms. The summed E-state index contributed by atoms with van der Waals surface area (Å²) >= 11 is 3.32. The summed E-state index contributed by atoms with van der Waals surface area (Å²) < 4.78 is 2.78. The van der Waals surface area contributed by atoms with E-state index in [-0.39, 0.29) is 5.91 Å². The zero-order chi connectivity index (χ0) is 16.2. The van der Waals surface area contributed by atoms with Gasteiger partial charge in [-0.05, 0) is 34.5 Å². The van der Waals surface area contributed by atoms with E-state index in [0.29, 0.717) is 12.1 Å². The lowest BCUT2D eigenvalue weighted by Gasteiger charge is -2.04. The van der Waals surface area contributed by atoms with Crippen LogP contribution in [0.4, 0.5) is 0 Å². The number of rotatable bonds is 5. The van der Waals surface area contributed by atoms with Gasteiger partial charge in [-0.25, -0.2) is 0 Å². The molecule has 0 aliphatic heterocycles. The Morgan fingerprint density at radius 2 is 2.13 bits per heavy atom. The van der Waals surface area contributed by atoms with Gasteiger partial charge < -0.3 is 5.32 Å². The summed E-state index contributed by atoms with van der Waals surface area (Å²) in [6.07, 6.45) is 4.21. The van der Waals surface area contributed by atoms with E-state index < -0.39 is 0 Å². The van der Waals surface area contributed by atoms with E-state index in [2.05, 4.69) is 44.3 Å². The van der Waals surface area contributed by atoms with Crippen LogP contribution in [0.1, 0.15) is 29.4 Å². The minimum atomic E-state index is -0.159. The molecule has 0 aliphatic carbocycles. The Hall–Kier alpha value is -2.21. The van der Waals surface area contributed by atoms with Crippen molar-refractivity contribution in [2.45, 2.75) is 26.4 Å². The van der Waals surface area contributed by atoms with Gasteiger partial charge >= 0.3 is 0 Å². The van der Waals surface area contributed by atoms with Crippen molar-refractivity contribution < 1.29 is 4.79 Å². The number of benzene rings is 1. The summed E-state index contributed by atoms with van der Waals surface area (Å²) in [6, 6.07) is 9.84. The average molecular weight is 373 g/mol. The van der Waals surface area contributed by atoms with Crippen LogP contribution >= 0.6 is 15.9 Å². The number of hydrogen-bond donors (Lipinski definition) is 1. The molecule has 0 saturated heterocycles. The summed E-state index contributed by atoms with van der Waals surface area (Å²) in [5.41, 5.74) is 2.50. The number of carbonyl (C=O) groups is 1. The van der Waals surface area contributed by atoms with E-state index in [1.54, 1.807) is 18.5 Å². The summed E-state index contributed by atoms with van der Waals surface area (Å²) in [7, 11) is 0. The molecule has 0 bridgehead atoms. The molecule has 23 heavy (non-hydrogen) atoms. The molecule has 3 aromatic rings. The SMILES string of the molecule is CCCn1nc(CNC(=O)c2cncc(Br)c2)c2ccccc21. The number of pyridine rings is 1. The van der Waals surface area contributed by atoms with Gasteiger partial charge in [0.25, 0.3) is 5.91 Å². The van der Waals surface area contributed by atoms with E-state index in [0.717, 1.165) is 34.0 Å². The Kier molecular flexibility index (Phi) is 4.71. The van der Waals surface area contributed by atoms with Gasteiger partial charge in [-0.1, -0.05) is 25.1 Å². The van der Waals surface area contributed by atoms with Gasteiger partial charge in [0.05, 0.1) is 23.3 Å². The van der Waals surface area contributed by atoms with E-state index in [1.165, 1.54) is 0 Å². The Bertz CT molecular complexity index is 843. The molecule has 0 radical (unpaired) electrons. The van der Waals surface area contributed by atoms with Crippen LogP contribution in [0.3, 0.4) is 0 Å². The molecule has 2 heterocycles. The zero-order valence-electron chi connectivity index (χ0n) is 12.8. The number of para-hydroxylation sites is 1. The minimum Gasteiger partial charge on any atom is -0.346 e. The third-order valence-electron chi connectivity index (χ3n) is 3.55. The first-order valence-corrected chi connectivity index (χ1v) is 8.31. The highest BCUT2D eigenvalue weighted by molar-refractivity contribution is 9.10. The van der Waals surface area contributed by atoms with Crippen molar-refractivity contribution >= 4 is 32.7 Å². The van der Waals surface area contributed by atoms with E-state index in [1.807, 2.05) is 22.9 Å². The number of amides is 1. The second-order valence-corrected chi connectivity index (χ2v) is 6.18. The van der Waals surface area contributed by atoms with Crippen molar-refractivity contribution in [2.75, 3.05) is 0 Å². The van der Waals surface area contributed by atoms with Crippen molar-refractivity contribution in [2.24, 2.45) is 0 Å². The molecular formula is C17H17BrN4O. The van der Waals surface area contributed by atoms with Crippen LogP contribution in [0.2, 0.25) is 0 Å². The first kappa shape index (κ1) is 15.7. The third-order valence-corrected chi connectivity index (χ3v) is 3.99. The molecule has 3 rings (SSSR count). The molecule has 0 atom stereocenters. The lowest BCUT2D eigenvalue weighted by atomic mass is 10.2. The van der Waals surface area contributed by atoms with Crippen molar-refractivity contribution in [1.82, 2.24) is 20.1 Å². The molecule has 2 aromatic heterocycles. The number of nitrogens with one attached hydrogen (secondary N) is 1. The van der Waals surface area contributed by atoms with Crippen LogP contribution in [0.15, 0.2) is 47.2 Å². The predicted octanol–water partition coefficient (Wildman–Crippen LogP) is 3.53. The van der Waals surface area contributed by atoms with Gasteiger partial charge in [0, 0.05) is 28.8 Å². The highest BCUT2D eigenvalue weighted by Crippen LogP contribution is 2.19. The molecule has 1 aromatic carbocycles. The first-order chi connectivity index (χ1) is 11.2. The third kappa shape index (κ3) is 3.42. The second kappa shape index (κ2) is 6.91. The smallest absolute Gasteiger partial charge is 0.253 e. The quantitative estimate of drug-likeness (QED) is 0.744. The fourth-order valence-corrected chi connectivity index (χ4v) is 2.88. The first-order valence-electron chi connectivity index (χ1n) is 7.52. The molecule has 0 saturated carbocycles. The van der Waals surface area contributed by atoms with Crippen molar-refractivity contribution in [3.8, 4) is 0 Å². The highest BCUT2D eigenvalue weighted by Gasteiger charge is 2.12. The number of nitrogens with zero attached hydrogens (tertiary/aromatic N) is 3. The fourth-order valence-electron chi connectivity index (χ4n) is 2.51. The topological polar surface area (TPSA) is 59.8 Å². The van der Waals surface area contributed by atoms with Crippen LogP contribution in [0.25, 0.3) is 10.9 Å². The van der Waals surface area contributed by atoms with E-state index in [9.17, 15) is 4.79 Å². The molecule has 118 valence electrons. The van der Waals surface area contributed by atoms with Gasteiger partial charge in [0.2, 0.25) is 0 Å². The summed E-state index contributed by atoms with van der Waals surface area (Å²) in [6.45, 7) is 3.38. The summed E-state index contributed by atoms with van der Waals surface area (Å²) in [5.74, 6) is -0.159. The molecule has 0 aliphatic rings. The largest absolute Gasteiger partial charge is 0.346 e. The van der Waals surface area contributed by atoms with Gasteiger partial charge in [0.15, 0.2) is 0 Å². The van der Waals surface area contributed by atoms with Gasteiger partial charge in [-0.2, -0.15) is 5.10 Å². The fraction of sp³-hybridized carbons (Fsp3) is 0.235. The predicted molar refractivity (Wildman–Crippen MR) is 93.1 cm³/mol. The number of aryl methyl sites for hydroxylation is 1. The van der Waals surface area contributed by atoms with Crippen molar-refractivity contribution in [3.63, 3.8) is 0 Å². The van der Waals surface area contributed by atoms with Gasteiger partial charge in [-0.15, -0.1) is 0 Å². The lowest BCUT2D eigenvalue weighted by Crippen LogP contribution is -2.23. The summed E-state index contributed by atoms with van der Waals surface area (Å²) in [5, 5.41) is 8.63. The Morgan fingerprint density at radius 3 is 2.91 bits per heavy atom. The maximum absolute atomic E-state index is 12.2. The Balaban J connectivity index is 1.80. The minimum absolute atomic E-state index is 0.159. The molecule has 0 fully saturated rings. The number of halogens is 1. The van der Waals surface area contributed by atoms with E-state index in [4.69, 9.17) is 0 Å². The highest BCUT2D eigenvalue weighted by atomic mass is 79.9. The molecule has 1 amide bonds. The maximum Gasteiger partial charge on any atom is 0.253 e. The van der Waals surface area contributed by atoms with E-state index >= 15 is 0 Å². The monoisotopic (exact) mass is 372 g/mol. The molecule has 5 nitrogen and oxygen atoms in total. The maximum atomic E-state index is 12.2. The van der Waals surface area contributed by atoms with Crippen LogP contribution in [-0.2, 0) is 13.1 Å². The zero-order valence-corrected chi connectivity index (χ0v) is 14.4. The van der Waals surface area contributed by atoms with Crippen molar-refractivity contribution in [1.29, 1.82) is 0 Å². The second-order valence-electron chi connectivity index (χ2n) is 5.26. The summed E-state index contributed by atoms with van der Waals surface area (Å²) in [4.78, 5) is 16.2. The molecular weight excluding hydrogens is 356 g/mol.